The third-order valence-electron chi connectivity index (χ3n) is 4.61. The van der Waals surface area contributed by atoms with E-state index in [0.717, 1.165) is 26.9 Å². The fourth-order valence-electron chi connectivity index (χ4n) is 2.84. The molecule has 0 fully saturated rings. The first-order chi connectivity index (χ1) is 14.4. The first-order valence-corrected chi connectivity index (χ1v) is 10.2. The van der Waals surface area contributed by atoms with Crippen LogP contribution in [0.4, 0.5) is 5.69 Å². The van der Waals surface area contributed by atoms with Gasteiger partial charge in [0, 0.05) is 10.2 Å². The number of carbonyl (C=O) groups is 1. The van der Waals surface area contributed by atoms with Gasteiger partial charge in [0.1, 0.15) is 5.75 Å². The van der Waals surface area contributed by atoms with Gasteiger partial charge in [0.05, 0.1) is 11.6 Å². The lowest BCUT2D eigenvalue weighted by Gasteiger charge is -2.09. The second kappa shape index (κ2) is 9.91. The van der Waals surface area contributed by atoms with Gasteiger partial charge in [-0.1, -0.05) is 46.3 Å². The van der Waals surface area contributed by atoms with Gasteiger partial charge in [0.15, 0.2) is 6.61 Å². The van der Waals surface area contributed by atoms with Crippen LogP contribution in [-0.2, 0) is 4.79 Å². The third-order valence-corrected chi connectivity index (χ3v) is 5.13. The van der Waals surface area contributed by atoms with Crippen molar-refractivity contribution in [3.63, 3.8) is 0 Å². The molecular weight excluding hydrogens is 440 g/mol. The number of rotatable bonds is 6. The van der Waals surface area contributed by atoms with Crippen LogP contribution in [0.2, 0.25) is 0 Å². The maximum Gasteiger partial charge on any atom is 0.262 e. The number of nitrogens with one attached hydrogen (secondary N) is 1. The SMILES string of the molecule is Cc1ccc(NC(=O)COc2cccc(/C=C(/C#N)c3ccc(Br)cc3)c2)cc1C. The number of ether oxygens (including phenoxy) is 1. The number of hydrogen-bond acceptors (Lipinski definition) is 3. The molecule has 0 heterocycles. The molecule has 3 aromatic rings. The Kier molecular flexibility index (Phi) is 7.05. The molecule has 0 spiro atoms. The predicted molar refractivity (Wildman–Crippen MR) is 124 cm³/mol. The Morgan fingerprint density at radius 1 is 1.07 bits per heavy atom. The van der Waals surface area contributed by atoms with Crippen LogP contribution in [0.15, 0.2) is 71.2 Å². The lowest BCUT2D eigenvalue weighted by molar-refractivity contribution is -0.118. The first-order valence-electron chi connectivity index (χ1n) is 9.42. The van der Waals surface area contributed by atoms with E-state index in [1.54, 1.807) is 18.2 Å². The minimum atomic E-state index is -0.230. The highest BCUT2D eigenvalue weighted by Gasteiger charge is 2.06. The second-order valence-electron chi connectivity index (χ2n) is 6.89. The topological polar surface area (TPSA) is 62.1 Å². The third kappa shape index (κ3) is 5.82. The van der Waals surface area contributed by atoms with Gasteiger partial charge in [0.25, 0.3) is 5.91 Å². The number of carbonyl (C=O) groups excluding carboxylic acids is 1. The Balaban J connectivity index is 1.66. The Morgan fingerprint density at radius 2 is 1.83 bits per heavy atom. The van der Waals surface area contributed by atoms with Gasteiger partial charge in [-0.2, -0.15) is 5.26 Å². The normalized spacial score (nSPS) is 10.9. The molecule has 1 N–H and O–H groups in total. The van der Waals surface area contributed by atoms with E-state index in [0.29, 0.717) is 11.3 Å². The van der Waals surface area contributed by atoms with E-state index in [4.69, 9.17) is 4.74 Å². The molecule has 0 unspecified atom stereocenters. The number of nitriles is 1. The largest absolute Gasteiger partial charge is 0.484 e. The Morgan fingerprint density at radius 3 is 2.53 bits per heavy atom. The van der Waals surface area contributed by atoms with E-state index < -0.39 is 0 Å². The van der Waals surface area contributed by atoms with Crippen LogP contribution in [0.5, 0.6) is 5.75 Å². The summed E-state index contributed by atoms with van der Waals surface area (Å²) >= 11 is 3.40. The van der Waals surface area contributed by atoms with Crippen LogP contribution in [0.3, 0.4) is 0 Å². The van der Waals surface area contributed by atoms with E-state index in [1.807, 2.05) is 68.4 Å². The number of anilines is 1. The van der Waals surface area contributed by atoms with Crippen LogP contribution in [0, 0.1) is 25.2 Å². The molecule has 0 atom stereocenters. The lowest BCUT2D eigenvalue weighted by Crippen LogP contribution is -2.20. The summed E-state index contributed by atoms with van der Waals surface area (Å²) in [6.07, 6.45) is 1.80. The maximum absolute atomic E-state index is 12.2. The van der Waals surface area contributed by atoms with Crippen molar-refractivity contribution in [2.24, 2.45) is 0 Å². The Bertz CT molecular complexity index is 1130. The smallest absolute Gasteiger partial charge is 0.262 e. The fourth-order valence-corrected chi connectivity index (χ4v) is 3.10. The van der Waals surface area contributed by atoms with Crippen LogP contribution < -0.4 is 10.1 Å². The summed E-state index contributed by atoms with van der Waals surface area (Å²) in [6, 6.07) is 22.9. The van der Waals surface area contributed by atoms with Crippen LogP contribution >= 0.6 is 15.9 Å². The van der Waals surface area contributed by atoms with Crippen molar-refractivity contribution in [1.82, 2.24) is 0 Å². The van der Waals surface area contributed by atoms with Crippen LogP contribution in [0.25, 0.3) is 11.6 Å². The Labute approximate surface area is 184 Å². The fraction of sp³-hybridized carbons (Fsp3) is 0.120. The number of benzene rings is 3. The highest BCUT2D eigenvalue weighted by Crippen LogP contribution is 2.22. The summed E-state index contributed by atoms with van der Waals surface area (Å²) in [4.78, 5) is 12.2. The summed E-state index contributed by atoms with van der Waals surface area (Å²) in [5.74, 6) is 0.332. The minimum Gasteiger partial charge on any atom is -0.484 e. The molecule has 0 aliphatic rings. The van der Waals surface area contributed by atoms with Crippen LogP contribution in [0.1, 0.15) is 22.3 Å². The average molecular weight is 461 g/mol. The van der Waals surface area contributed by atoms with Crippen molar-refractivity contribution < 1.29 is 9.53 Å². The molecule has 150 valence electrons. The molecule has 5 heteroatoms. The number of allylic oxidation sites excluding steroid dienone is 1. The molecule has 0 bridgehead atoms. The van der Waals surface area contributed by atoms with E-state index in [9.17, 15) is 10.1 Å². The minimum absolute atomic E-state index is 0.0993. The molecule has 0 aromatic heterocycles. The number of hydrogen-bond donors (Lipinski definition) is 1. The van der Waals surface area contributed by atoms with Crippen molar-refractivity contribution >= 4 is 39.2 Å². The number of amides is 1. The van der Waals surface area contributed by atoms with Crippen molar-refractivity contribution in [3.05, 3.63) is 93.5 Å². The van der Waals surface area contributed by atoms with Gasteiger partial charge in [0.2, 0.25) is 0 Å². The van der Waals surface area contributed by atoms with Crippen LogP contribution in [-0.4, -0.2) is 12.5 Å². The quantitative estimate of drug-likeness (QED) is 0.354. The van der Waals surface area contributed by atoms with Crippen molar-refractivity contribution in [1.29, 1.82) is 5.26 Å². The zero-order chi connectivity index (χ0) is 21.5. The van der Waals surface area contributed by atoms with Gasteiger partial charge in [-0.3, -0.25) is 4.79 Å². The zero-order valence-corrected chi connectivity index (χ0v) is 18.4. The predicted octanol–water partition coefficient (Wildman–Crippen LogP) is 6.15. The highest BCUT2D eigenvalue weighted by molar-refractivity contribution is 9.10. The summed E-state index contributed by atoms with van der Waals surface area (Å²) < 4.78 is 6.60. The van der Waals surface area contributed by atoms with E-state index in [2.05, 4.69) is 27.3 Å². The summed E-state index contributed by atoms with van der Waals surface area (Å²) in [5.41, 5.74) is 5.24. The molecule has 3 rings (SSSR count). The van der Waals surface area contributed by atoms with E-state index in [1.165, 1.54) is 5.56 Å². The van der Waals surface area contributed by atoms with Crippen molar-refractivity contribution in [2.45, 2.75) is 13.8 Å². The molecule has 0 aliphatic carbocycles. The highest BCUT2D eigenvalue weighted by atomic mass is 79.9. The number of halogens is 1. The first kappa shape index (κ1) is 21.4. The lowest BCUT2D eigenvalue weighted by atomic mass is 10.0. The molecule has 0 aliphatic heterocycles. The number of nitrogens with zero attached hydrogens (tertiary/aromatic N) is 1. The van der Waals surface area contributed by atoms with Crippen molar-refractivity contribution in [2.75, 3.05) is 11.9 Å². The van der Waals surface area contributed by atoms with Gasteiger partial charge >= 0.3 is 0 Å². The van der Waals surface area contributed by atoms with Gasteiger partial charge in [-0.05, 0) is 78.6 Å². The zero-order valence-electron chi connectivity index (χ0n) is 16.8. The molecule has 1 amide bonds. The molecule has 30 heavy (non-hydrogen) atoms. The summed E-state index contributed by atoms with van der Waals surface area (Å²) in [6.45, 7) is 3.93. The van der Waals surface area contributed by atoms with Gasteiger partial charge in [-0.15, -0.1) is 0 Å². The molecule has 0 saturated carbocycles. The monoisotopic (exact) mass is 460 g/mol. The summed E-state index contributed by atoms with van der Waals surface area (Å²) in [7, 11) is 0. The number of aryl methyl sites for hydroxylation is 2. The van der Waals surface area contributed by atoms with Gasteiger partial charge < -0.3 is 10.1 Å². The standard InChI is InChI=1S/C25H21BrN2O2/c1-17-6-11-23(12-18(17)2)28-25(29)16-30-24-5-3-4-19(14-24)13-21(15-27)20-7-9-22(26)10-8-20/h3-14H,16H2,1-2H3,(H,28,29)/b21-13-. The second-order valence-corrected chi connectivity index (χ2v) is 7.80. The van der Waals surface area contributed by atoms with E-state index in [-0.39, 0.29) is 12.5 Å². The van der Waals surface area contributed by atoms with Crippen molar-refractivity contribution in [3.8, 4) is 11.8 Å². The molecule has 0 saturated heterocycles. The molecule has 0 radical (unpaired) electrons. The molecule has 3 aromatic carbocycles. The maximum atomic E-state index is 12.2. The average Bonchev–Trinajstić information content (AvgIpc) is 2.74. The van der Waals surface area contributed by atoms with Gasteiger partial charge in [-0.25, -0.2) is 0 Å². The molecule has 4 nitrogen and oxygen atoms in total. The molecular formula is C25H21BrN2O2. The Hall–Kier alpha value is -3.36. The van der Waals surface area contributed by atoms with E-state index >= 15 is 0 Å². The summed E-state index contributed by atoms with van der Waals surface area (Å²) in [5, 5.41) is 12.4.